The molecular weight excluding hydrogens is 202 g/mol. The van der Waals surface area contributed by atoms with Gasteiger partial charge in [-0.2, -0.15) is 0 Å². The van der Waals surface area contributed by atoms with Crippen molar-refractivity contribution in [3.05, 3.63) is 29.8 Å². The molecule has 0 heterocycles. The lowest BCUT2D eigenvalue weighted by molar-refractivity contribution is -0.149. The first-order valence-corrected chi connectivity index (χ1v) is 5.68. The van der Waals surface area contributed by atoms with Crippen molar-refractivity contribution in [3.8, 4) is 0 Å². The van der Waals surface area contributed by atoms with Crippen molar-refractivity contribution in [2.75, 3.05) is 5.73 Å². The highest BCUT2D eigenvalue weighted by Crippen LogP contribution is 2.49. The van der Waals surface area contributed by atoms with Crippen LogP contribution in [0, 0.1) is 5.92 Å². The highest BCUT2D eigenvalue weighted by Gasteiger charge is 2.50. The molecular formula is C13H17NO2. The fourth-order valence-electron chi connectivity index (χ4n) is 2.58. The van der Waals surface area contributed by atoms with Crippen molar-refractivity contribution in [1.82, 2.24) is 0 Å². The molecule has 1 aromatic rings. The number of carboxylic acids is 1. The van der Waals surface area contributed by atoms with Crippen molar-refractivity contribution in [3.63, 3.8) is 0 Å². The zero-order valence-corrected chi connectivity index (χ0v) is 9.44. The maximum Gasteiger partial charge on any atom is 0.314 e. The summed E-state index contributed by atoms with van der Waals surface area (Å²) in [7, 11) is 0. The second-order valence-electron chi connectivity index (χ2n) is 4.70. The van der Waals surface area contributed by atoms with E-state index >= 15 is 0 Å². The van der Waals surface area contributed by atoms with Gasteiger partial charge in [0.15, 0.2) is 0 Å². The van der Waals surface area contributed by atoms with Crippen LogP contribution in [0.15, 0.2) is 24.3 Å². The van der Waals surface area contributed by atoms with Crippen LogP contribution in [0.25, 0.3) is 0 Å². The normalized spacial score (nSPS) is 28.4. The summed E-state index contributed by atoms with van der Waals surface area (Å²) < 4.78 is 0. The number of hydrogen-bond acceptors (Lipinski definition) is 2. The van der Waals surface area contributed by atoms with Crippen LogP contribution in [0.5, 0.6) is 0 Å². The van der Waals surface area contributed by atoms with E-state index in [1.165, 1.54) is 0 Å². The first-order chi connectivity index (χ1) is 7.58. The van der Waals surface area contributed by atoms with Gasteiger partial charge in [0, 0.05) is 5.69 Å². The topological polar surface area (TPSA) is 63.3 Å². The second kappa shape index (κ2) is 3.81. The van der Waals surface area contributed by atoms with E-state index < -0.39 is 11.4 Å². The zero-order chi connectivity index (χ0) is 11.8. The Morgan fingerprint density at radius 3 is 2.75 bits per heavy atom. The number of nitrogens with two attached hydrogens (primary N) is 1. The molecule has 3 nitrogen and oxygen atoms in total. The molecule has 1 saturated carbocycles. The summed E-state index contributed by atoms with van der Waals surface area (Å²) in [5, 5.41) is 9.40. The molecule has 1 aliphatic carbocycles. The summed E-state index contributed by atoms with van der Waals surface area (Å²) in [4.78, 5) is 11.4. The van der Waals surface area contributed by atoms with E-state index in [2.05, 4.69) is 6.92 Å². The molecule has 0 radical (unpaired) electrons. The fraction of sp³-hybridized carbons (Fsp3) is 0.462. The number of anilines is 1. The number of aliphatic carboxylic acids is 1. The van der Waals surface area contributed by atoms with Crippen LogP contribution in [0.1, 0.15) is 31.7 Å². The Kier molecular flexibility index (Phi) is 2.62. The Bertz CT molecular complexity index is 408. The average molecular weight is 219 g/mol. The molecule has 1 aliphatic rings. The van der Waals surface area contributed by atoms with E-state index in [9.17, 15) is 9.90 Å². The lowest BCUT2D eigenvalue weighted by Gasteiger charge is -2.44. The molecule has 3 heteroatoms. The lowest BCUT2D eigenvalue weighted by atomic mass is 9.58. The van der Waals surface area contributed by atoms with E-state index in [0.29, 0.717) is 11.6 Å². The monoisotopic (exact) mass is 219 g/mol. The molecule has 86 valence electrons. The Balaban J connectivity index is 2.32. The lowest BCUT2D eigenvalue weighted by Crippen LogP contribution is -2.47. The van der Waals surface area contributed by atoms with E-state index in [-0.39, 0.29) is 0 Å². The predicted octanol–water partition coefficient (Wildman–Crippen LogP) is 2.41. The predicted molar refractivity (Wildman–Crippen MR) is 63.2 cm³/mol. The van der Waals surface area contributed by atoms with Crippen molar-refractivity contribution < 1.29 is 9.90 Å². The highest BCUT2D eigenvalue weighted by atomic mass is 16.4. The molecule has 0 aliphatic heterocycles. The zero-order valence-electron chi connectivity index (χ0n) is 9.44. The summed E-state index contributed by atoms with van der Waals surface area (Å²) >= 11 is 0. The Morgan fingerprint density at radius 2 is 2.25 bits per heavy atom. The second-order valence-corrected chi connectivity index (χ2v) is 4.70. The van der Waals surface area contributed by atoms with Crippen molar-refractivity contribution in [2.45, 2.75) is 31.6 Å². The van der Waals surface area contributed by atoms with Crippen LogP contribution in [0.2, 0.25) is 0 Å². The molecule has 0 unspecified atom stereocenters. The maximum absolute atomic E-state index is 11.4. The van der Waals surface area contributed by atoms with Crippen LogP contribution in [0.4, 0.5) is 5.69 Å². The van der Waals surface area contributed by atoms with Gasteiger partial charge in [0.05, 0.1) is 5.41 Å². The summed E-state index contributed by atoms with van der Waals surface area (Å²) in [5.41, 5.74) is 6.51. The fourth-order valence-corrected chi connectivity index (χ4v) is 2.58. The average Bonchev–Trinajstić information content (AvgIpc) is 2.16. The maximum atomic E-state index is 11.4. The minimum absolute atomic E-state index is 0.539. The van der Waals surface area contributed by atoms with E-state index in [0.717, 1.165) is 24.8 Å². The standard InChI is InChI=1S/C13H17NO2/c1-2-9-7-13(8-9,12(15)16)10-4-3-5-11(14)6-10/h3-6,9H,2,7-8,14H2,1H3,(H,15,16). The molecule has 1 aromatic carbocycles. The van der Waals surface area contributed by atoms with E-state index in [4.69, 9.17) is 5.73 Å². The van der Waals surface area contributed by atoms with Gasteiger partial charge in [-0.1, -0.05) is 25.5 Å². The van der Waals surface area contributed by atoms with Crippen molar-refractivity contribution in [1.29, 1.82) is 0 Å². The molecule has 3 N–H and O–H groups in total. The van der Waals surface area contributed by atoms with Gasteiger partial charge in [0.2, 0.25) is 0 Å². The molecule has 0 amide bonds. The largest absolute Gasteiger partial charge is 0.481 e. The van der Waals surface area contributed by atoms with Gasteiger partial charge in [-0.3, -0.25) is 4.79 Å². The van der Waals surface area contributed by atoms with Gasteiger partial charge in [-0.15, -0.1) is 0 Å². The molecule has 2 rings (SSSR count). The van der Waals surface area contributed by atoms with Crippen LogP contribution in [-0.2, 0) is 10.2 Å². The summed E-state index contributed by atoms with van der Waals surface area (Å²) in [5.74, 6) is -0.180. The number of rotatable bonds is 3. The first-order valence-electron chi connectivity index (χ1n) is 5.68. The van der Waals surface area contributed by atoms with E-state index in [1.54, 1.807) is 12.1 Å². The van der Waals surface area contributed by atoms with Crippen molar-refractivity contribution >= 4 is 11.7 Å². The Hall–Kier alpha value is -1.51. The minimum atomic E-state index is -0.720. The molecule has 16 heavy (non-hydrogen) atoms. The molecule has 0 bridgehead atoms. The van der Waals surface area contributed by atoms with Crippen LogP contribution in [0.3, 0.4) is 0 Å². The molecule has 0 atom stereocenters. The third-order valence-corrected chi connectivity index (χ3v) is 3.70. The number of carbonyl (C=O) groups is 1. The van der Waals surface area contributed by atoms with Gasteiger partial charge in [-0.05, 0) is 36.5 Å². The summed E-state index contributed by atoms with van der Waals surface area (Å²) in [6, 6.07) is 7.28. The first kappa shape index (κ1) is 11.0. The third kappa shape index (κ3) is 1.56. The van der Waals surface area contributed by atoms with Gasteiger partial charge in [0.1, 0.15) is 0 Å². The Labute approximate surface area is 95.3 Å². The van der Waals surface area contributed by atoms with Crippen LogP contribution < -0.4 is 5.73 Å². The van der Waals surface area contributed by atoms with Crippen LogP contribution in [-0.4, -0.2) is 11.1 Å². The van der Waals surface area contributed by atoms with Gasteiger partial charge in [0.25, 0.3) is 0 Å². The number of hydrogen-bond donors (Lipinski definition) is 2. The van der Waals surface area contributed by atoms with Crippen LogP contribution >= 0.6 is 0 Å². The SMILES string of the molecule is CCC1CC(C(=O)O)(c2cccc(N)c2)C1. The summed E-state index contributed by atoms with van der Waals surface area (Å²) in [6.45, 7) is 2.11. The number of carboxylic acid groups (broad SMARTS) is 1. The molecule has 0 spiro atoms. The Morgan fingerprint density at radius 1 is 1.56 bits per heavy atom. The number of nitrogen functional groups attached to an aromatic ring is 1. The smallest absolute Gasteiger partial charge is 0.314 e. The van der Waals surface area contributed by atoms with Crippen molar-refractivity contribution in [2.24, 2.45) is 5.92 Å². The minimum Gasteiger partial charge on any atom is -0.481 e. The molecule has 0 aromatic heterocycles. The van der Waals surface area contributed by atoms with Gasteiger partial charge >= 0.3 is 5.97 Å². The van der Waals surface area contributed by atoms with E-state index in [1.807, 2.05) is 12.1 Å². The van der Waals surface area contributed by atoms with Gasteiger partial charge < -0.3 is 10.8 Å². The third-order valence-electron chi connectivity index (χ3n) is 3.70. The quantitative estimate of drug-likeness (QED) is 0.767. The molecule has 0 saturated heterocycles. The highest BCUT2D eigenvalue weighted by molar-refractivity contribution is 5.83. The molecule has 1 fully saturated rings. The summed E-state index contributed by atoms with van der Waals surface area (Å²) in [6.07, 6.45) is 2.53. The number of benzene rings is 1. The van der Waals surface area contributed by atoms with Gasteiger partial charge in [-0.25, -0.2) is 0 Å².